The highest BCUT2D eigenvalue weighted by Gasteiger charge is 2.10. The predicted octanol–water partition coefficient (Wildman–Crippen LogP) is 0.780. The molecular weight excluding hydrogens is 204 g/mol. The van der Waals surface area contributed by atoms with Crippen LogP contribution in [0, 0.1) is 13.8 Å². The fourth-order valence-electron chi connectivity index (χ4n) is 1.46. The Morgan fingerprint density at radius 1 is 1.31 bits per heavy atom. The van der Waals surface area contributed by atoms with E-state index in [-0.39, 0.29) is 0 Å². The molecule has 0 radical (unpaired) electrons. The number of nitrogens with one attached hydrogen (secondary N) is 1. The number of nitrogens with zero attached hydrogens (tertiary/aromatic N) is 4. The molecule has 0 spiro atoms. The third-order valence-corrected chi connectivity index (χ3v) is 2.57. The number of aromatic nitrogens is 4. The van der Waals surface area contributed by atoms with E-state index in [1.807, 2.05) is 25.5 Å². The van der Waals surface area contributed by atoms with Gasteiger partial charge in [0.25, 0.3) is 0 Å². The molecule has 0 saturated carbocycles. The number of aryl methyl sites for hydroxylation is 2. The van der Waals surface area contributed by atoms with Gasteiger partial charge in [0.05, 0.1) is 12.5 Å². The van der Waals surface area contributed by atoms with Gasteiger partial charge in [-0.3, -0.25) is 0 Å². The summed E-state index contributed by atoms with van der Waals surface area (Å²) < 4.78 is 1.87. The van der Waals surface area contributed by atoms with Gasteiger partial charge in [-0.1, -0.05) is 0 Å². The Morgan fingerprint density at radius 3 is 2.62 bits per heavy atom. The van der Waals surface area contributed by atoms with Crippen LogP contribution in [0.1, 0.15) is 11.3 Å². The molecule has 0 saturated heterocycles. The first-order valence-corrected chi connectivity index (χ1v) is 4.92. The van der Waals surface area contributed by atoms with Gasteiger partial charge >= 0.3 is 0 Å². The number of rotatable bonds is 2. The van der Waals surface area contributed by atoms with Crippen LogP contribution in [-0.4, -0.2) is 19.5 Å². The molecule has 2 aromatic heterocycles. The smallest absolute Gasteiger partial charge is 0.180 e. The molecule has 84 valence electrons. The summed E-state index contributed by atoms with van der Waals surface area (Å²) in [5.74, 6) is 6.68. The monoisotopic (exact) mass is 218 g/mol. The summed E-state index contributed by atoms with van der Waals surface area (Å²) in [5.41, 5.74) is 5.29. The lowest BCUT2D eigenvalue weighted by molar-refractivity contribution is 0.903. The van der Waals surface area contributed by atoms with E-state index in [4.69, 9.17) is 5.84 Å². The molecule has 0 fully saturated rings. The number of hydrazine groups is 1. The molecule has 0 aliphatic carbocycles. The number of hydrogen-bond donors (Lipinski definition) is 2. The molecular formula is C10H14N6. The van der Waals surface area contributed by atoms with Gasteiger partial charge in [-0.2, -0.15) is 0 Å². The molecule has 3 N–H and O–H groups in total. The molecule has 0 aliphatic heterocycles. The molecule has 2 heterocycles. The lowest BCUT2D eigenvalue weighted by atomic mass is 10.2. The molecule has 16 heavy (non-hydrogen) atoms. The fourth-order valence-corrected chi connectivity index (χ4v) is 1.46. The summed E-state index contributed by atoms with van der Waals surface area (Å²) in [5, 5.41) is 0. The Balaban J connectivity index is 2.59. The third kappa shape index (κ3) is 1.63. The van der Waals surface area contributed by atoms with E-state index < -0.39 is 0 Å². The van der Waals surface area contributed by atoms with Crippen LogP contribution in [0.15, 0.2) is 12.5 Å². The van der Waals surface area contributed by atoms with Crippen molar-refractivity contribution in [1.82, 2.24) is 19.5 Å². The van der Waals surface area contributed by atoms with Crippen LogP contribution in [0.3, 0.4) is 0 Å². The van der Waals surface area contributed by atoms with E-state index in [0.29, 0.717) is 11.6 Å². The third-order valence-electron chi connectivity index (χ3n) is 2.57. The maximum atomic E-state index is 5.42. The minimum absolute atomic E-state index is 0.621. The SMILES string of the molecule is Cc1nc(-c2cncn2C)nc(NN)c1C. The largest absolute Gasteiger partial charge is 0.331 e. The van der Waals surface area contributed by atoms with Crippen molar-refractivity contribution in [3.63, 3.8) is 0 Å². The second kappa shape index (κ2) is 3.90. The first kappa shape index (κ1) is 10.6. The Labute approximate surface area is 93.5 Å². The van der Waals surface area contributed by atoms with Gasteiger partial charge < -0.3 is 9.99 Å². The van der Waals surface area contributed by atoms with Crippen LogP contribution < -0.4 is 11.3 Å². The fraction of sp³-hybridized carbons (Fsp3) is 0.300. The first-order valence-electron chi connectivity index (χ1n) is 4.92. The molecule has 0 amide bonds. The molecule has 0 bridgehead atoms. The number of nitrogens with two attached hydrogens (primary N) is 1. The van der Waals surface area contributed by atoms with Crippen molar-refractivity contribution in [2.75, 3.05) is 5.43 Å². The van der Waals surface area contributed by atoms with Crippen LogP contribution in [0.25, 0.3) is 11.5 Å². The van der Waals surface area contributed by atoms with Crippen LogP contribution >= 0.6 is 0 Å². The quantitative estimate of drug-likeness (QED) is 0.575. The van der Waals surface area contributed by atoms with Gasteiger partial charge in [0.2, 0.25) is 0 Å². The van der Waals surface area contributed by atoms with Gasteiger partial charge in [0.1, 0.15) is 11.5 Å². The van der Waals surface area contributed by atoms with Gasteiger partial charge in [-0.05, 0) is 13.8 Å². The predicted molar refractivity (Wildman–Crippen MR) is 61.5 cm³/mol. The van der Waals surface area contributed by atoms with Crippen LogP contribution in [0.5, 0.6) is 0 Å². The topological polar surface area (TPSA) is 81.7 Å². The maximum Gasteiger partial charge on any atom is 0.180 e. The first-order chi connectivity index (χ1) is 7.63. The van der Waals surface area contributed by atoms with Crippen molar-refractivity contribution >= 4 is 5.82 Å². The highest BCUT2D eigenvalue weighted by atomic mass is 15.3. The minimum atomic E-state index is 0.621. The minimum Gasteiger partial charge on any atom is -0.331 e. The molecule has 6 nitrogen and oxygen atoms in total. The lowest BCUT2D eigenvalue weighted by Crippen LogP contribution is -2.12. The van der Waals surface area contributed by atoms with E-state index in [9.17, 15) is 0 Å². The maximum absolute atomic E-state index is 5.42. The van der Waals surface area contributed by atoms with Crippen molar-refractivity contribution in [2.24, 2.45) is 12.9 Å². The molecule has 6 heteroatoms. The Hall–Kier alpha value is -1.95. The normalized spacial score (nSPS) is 10.5. The lowest BCUT2D eigenvalue weighted by Gasteiger charge is -2.09. The Kier molecular flexibility index (Phi) is 2.57. The van der Waals surface area contributed by atoms with Crippen molar-refractivity contribution in [3.8, 4) is 11.5 Å². The van der Waals surface area contributed by atoms with E-state index in [1.165, 1.54) is 0 Å². The summed E-state index contributed by atoms with van der Waals surface area (Å²) >= 11 is 0. The highest BCUT2D eigenvalue weighted by molar-refractivity contribution is 5.55. The van der Waals surface area contributed by atoms with E-state index >= 15 is 0 Å². The molecule has 2 rings (SSSR count). The van der Waals surface area contributed by atoms with Crippen LogP contribution in [0.2, 0.25) is 0 Å². The summed E-state index contributed by atoms with van der Waals surface area (Å²) in [6, 6.07) is 0. The zero-order chi connectivity index (χ0) is 11.7. The summed E-state index contributed by atoms with van der Waals surface area (Å²) in [6.07, 6.45) is 3.44. The Bertz CT molecular complexity index is 516. The van der Waals surface area contributed by atoms with Crippen molar-refractivity contribution in [2.45, 2.75) is 13.8 Å². The molecule has 0 unspecified atom stereocenters. The Morgan fingerprint density at radius 2 is 2.06 bits per heavy atom. The van der Waals surface area contributed by atoms with Gasteiger partial charge in [0, 0.05) is 18.3 Å². The summed E-state index contributed by atoms with van der Waals surface area (Å²) in [7, 11) is 1.90. The molecule has 2 aromatic rings. The van der Waals surface area contributed by atoms with Crippen LogP contribution in [-0.2, 0) is 7.05 Å². The standard InChI is InChI=1S/C10H14N6/c1-6-7(2)13-10(14-9(6)15-11)8-4-12-5-16(8)3/h4-5H,11H2,1-3H3,(H,13,14,15). The second-order valence-corrected chi connectivity index (χ2v) is 3.64. The number of hydrogen-bond acceptors (Lipinski definition) is 5. The van der Waals surface area contributed by atoms with Crippen LogP contribution in [0.4, 0.5) is 5.82 Å². The van der Waals surface area contributed by atoms with E-state index in [0.717, 1.165) is 17.0 Å². The zero-order valence-corrected chi connectivity index (χ0v) is 9.52. The number of imidazole rings is 1. The van der Waals surface area contributed by atoms with Gasteiger partial charge in [-0.25, -0.2) is 20.8 Å². The average Bonchev–Trinajstić information content (AvgIpc) is 2.68. The van der Waals surface area contributed by atoms with E-state index in [1.54, 1.807) is 12.5 Å². The molecule has 0 atom stereocenters. The average molecular weight is 218 g/mol. The van der Waals surface area contributed by atoms with Gasteiger partial charge in [-0.15, -0.1) is 0 Å². The van der Waals surface area contributed by atoms with E-state index in [2.05, 4.69) is 20.4 Å². The number of anilines is 1. The highest BCUT2D eigenvalue weighted by Crippen LogP contribution is 2.20. The summed E-state index contributed by atoms with van der Waals surface area (Å²) in [4.78, 5) is 12.8. The number of nitrogen functional groups attached to an aromatic ring is 1. The zero-order valence-electron chi connectivity index (χ0n) is 9.52. The van der Waals surface area contributed by atoms with Crippen molar-refractivity contribution < 1.29 is 0 Å². The van der Waals surface area contributed by atoms with Crippen molar-refractivity contribution in [3.05, 3.63) is 23.8 Å². The van der Waals surface area contributed by atoms with Gasteiger partial charge in [0.15, 0.2) is 5.82 Å². The van der Waals surface area contributed by atoms with Crippen molar-refractivity contribution in [1.29, 1.82) is 0 Å². The molecule has 0 aliphatic rings. The second-order valence-electron chi connectivity index (χ2n) is 3.64. The molecule has 0 aromatic carbocycles. The summed E-state index contributed by atoms with van der Waals surface area (Å²) in [6.45, 7) is 3.86.